The van der Waals surface area contributed by atoms with Crippen LogP contribution < -0.4 is 0 Å². The number of rotatable bonds is 1. The van der Waals surface area contributed by atoms with E-state index < -0.39 is 12.3 Å². The molecule has 68 valence electrons. The molecule has 0 aromatic carbocycles. The van der Waals surface area contributed by atoms with Crippen LogP contribution in [0, 0.1) is 6.92 Å². The molecule has 0 unspecified atom stereocenters. The Morgan fingerprint density at radius 1 is 1.58 bits per heavy atom. The molecule has 6 heteroatoms. The van der Waals surface area contributed by atoms with Gasteiger partial charge in [0.1, 0.15) is 0 Å². The highest BCUT2D eigenvalue weighted by atomic mass is 32.1. The Hall–Kier alpha value is -0.620. The first kappa shape index (κ1) is 9.47. The van der Waals surface area contributed by atoms with Crippen molar-refractivity contribution in [3.8, 4) is 0 Å². The molecule has 1 aromatic rings. The predicted molar refractivity (Wildman–Crippen MR) is 37.9 cm³/mol. The van der Waals surface area contributed by atoms with E-state index in [1.807, 2.05) is 0 Å². The van der Waals surface area contributed by atoms with Gasteiger partial charge in [0, 0.05) is 0 Å². The second kappa shape index (κ2) is 3.02. The van der Waals surface area contributed by atoms with Gasteiger partial charge in [0.2, 0.25) is 0 Å². The summed E-state index contributed by atoms with van der Waals surface area (Å²) in [6.07, 6.45) is -7.00. The SMILES string of the molecule is Cc1cc([C@H](O)C(F)(F)F)sn1. The summed E-state index contributed by atoms with van der Waals surface area (Å²) in [7, 11) is 0. The van der Waals surface area contributed by atoms with Crippen LogP contribution in [0.4, 0.5) is 13.2 Å². The van der Waals surface area contributed by atoms with Gasteiger partial charge in [0.25, 0.3) is 0 Å². The summed E-state index contributed by atoms with van der Waals surface area (Å²) in [4.78, 5) is -0.167. The Balaban J connectivity index is 2.85. The second-order valence-corrected chi connectivity index (χ2v) is 3.15. The van der Waals surface area contributed by atoms with Crippen LogP contribution >= 0.6 is 11.5 Å². The van der Waals surface area contributed by atoms with E-state index in [0.29, 0.717) is 17.2 Å². The van der Waals surface area contributed by atoms with E-state index in [9.17, 15) is 13.2 Å². The number of aliphatic hydroxyl groups excluding tert-OH is 1. The number of aryl methyl sites for hydroxylation is 1. The molecule has 2 nitrogen and oxygen atoms in total. The fraction of sp³-hybridized carbons (Fsp3) is 0.500. The van der Waals surface area contributed by atoms with E-state index in [0.717, 1.165) is 0 Å². The summed E-state index contributed by atoms with van der Waals surface area (Å²) in [6.45, 7) is 1.57. The highest BCUT2D eigenvalue weighted by molar-refractivity contribution is 7.05. The number of hydrogen-bond donors (Lipinski definition) is 1. The molecule has 1 atom stereocenters. The maximum atomic E-state index is 11.9. The van der Waals surface area contributed by atoms with Crippen LogP contribution in [0.5, 0.6) is 0 Å². The highest BCUT2D eigenvalue weighted by Crippen LogP contribution is 2.34. The quantitative estimate of drug-likeness (QED) is 0.747. The summed E-state index contributed by atoms with van der Waals surface area (Å²) >= 11 is 0.665. The van der Waals surface area contributed by atoms with Crippen molar-refractivity contribution < 1.29 is 18.3 Å². The molecule has 1 N–H and O–H groups in total. The lowest BCUT2D eigenvalue weighted by molar-refractivity contribution is -0.205. The highest BCUT2D eigenvalue weighted by Gasteiger charge is 2.40. The van der Waals surface area contributed by atoms with Gasteiger partial charge in [-0.3, -0.25) is 0 Å². The van der Waals surface area contributed by atoms with Crippen LogP contribution in [0.25, 0.3) is 0 Å². The van der Waals surface area contributed by atoms with Crippen LogP contribution in [-0.2, 0) is 0 Å². The maximum absolute atomic E-state index is 11.9. The monoisotopic (exact) mass is 197 g/mol. The third-order valence-electron chi connectivity index (χ3n) is 1.23. The van der Waals surface area contributed by atoms with E-state index in [-0.39, 0.29) is 4.88 Å². The molecule has 1 rings (SSSR count). The van der Waals surface area contributed by atoms with Crippen LogP contribution in [0.3, 0.4) is 0 Å². The number of hydrogen-bond acceptors (Lipinski definition) is 3. The number of aromatic nitrogens is 1. The molecule has 0 amide bonds. The zero-order chi connectivity index (χ0) is 9.35. The molecule has 0 saturated carbocycles. The molecular formula is C6H6F3NOS. The lowest BCUT2D eigenvalue weighted by Gasteiger charge is -2.11. The van der Waals surface area contributed by atoms with Crippen molar-refractivity contribution in [2.45, 2.75) is 19.2 Å². The third kappa shape index (κ3) is 1.95. The van der Waals surface area contributed by atoms with Gasteiger partial charge in [-0.1, -0.05) is 0 Å². The summed E-state index contributed by atoms with van der Waals surface area (Å²) in [5.41, 5.74) is 0.485. The Bertz CT molecular complexity index is 270. The molecule has 0 aliphatic carbocycles. The van der Waals surface area contributed by atoms with Crippen molar-refractivity contribution in [1.82, 2.24) is 4.37 Å². The van der Waals surface area contributed by atoms with E-state index in [2.05, 4.69) is 4.37 Å². The topological polar surface area (TPSA) is 33.1 Å². The van der Waals surface area contributed by atoms with Crippen LogP contribution in [0.15, 0.2) is 6.07 Å². The van der Waals surface area contributed by atoms with Crippen molar-refractivity contribution in [1.29, 1.82) is 0 Å². The Kier molecular flexibility index (Phi) is 2.39. The van der Waals surface area contributed by atoms with Crippen molar-refractivity contribution >= 4 is 11.5 Å². The van der Waals surface area contributed by atoms with Crippen molar-refractivity contribution in [2.75, 3.05) is 0 Å². The van der Waals surface area contributed by atoms with E-state index in [1.54, 1.807) is 6.92 Å². The second-order valence-electron chi connectivity index (χ2n) is 2.31. The van der Waals surface area contributed by atoms with Gasteiger partial charge in [-0.15, -0.1) is 0 Å². The lowest BCUT2D eigenvalue weighted by atomic mass is 10.3. The van der Waals surface area contributed by atoms with Crippen LogP contribution in [0.1, 0.15) is 16.7 Å². The summed E-state index contributed by atoms with van der Waals surface area (Å²) < 4.78 is 39.3. The van der Waals surface area contributed by atoms with Gasteiger partial charge in [0.15, 0.2) is 6.10 Å². The minimum atomic E-state index is -4.60. The average Bonchev–Trinajstić information content (AvgIpc) is 2.32. The largest absolute Gasteiger partial charge is 0.419 e. The fourth-order valence-electron chi connectivity index (χ4n) is 0.673. The summed E-state index contributed by atoms with van der Waals surface area (Å²) in [5.74, 6) is 0. The van der Waals surface area contributed by atoms with Gasteiger partial charge >= 0.3 is 6.18 Å². The fourth-order valence-corrected chi connectivity index (χ4v) is 1.43. The van der Waals surface area contributed by atoms with Crippen molar-refractivity contribution in [2.24, 2.45) is 0 Å². The van der Waals surface area contributed by atoms with Crippen molar-refractivity contribution in [3.63, 3.8) is 0 Å². The van der Waals surface area contributed by atoms with E-state index in [1.165, 1.54) is 6.07 Å². The molecule has 0 radical (unpaired) electrons. The Morgan fingerprint density at radius 3 is 2.50 bits per heavy atom. The molecule has 0 aliphatic heterocycles. The summed E-state index contributed by atoms with van der Waals surface area (Å²) in [6, 6.07) is 1.23. The van der Waals surface area contributed by atoms with Crippen LogP contribution in [-0.4, -0.2) is 15.7 Å². The molecule has 0 spiro atoms. The zero-order valence-electron chi connectivity index (χ0n) is 6.09. The smallest absolute Gasteiger partial charge is 0.379 e. The first-order chi connectivity index (χ1) is 5.41. The lowest BCUT2D eigenvalue weighted by Crippen LogP contribution is -2.18. The minimum absolute atomic E-state index is 0.167. The van der Waals surface area contributed by atoms with Gasteiger partial charge in [-0.2, -0.15) is 17.5 Å². The van der Waals surface area contributed by atoms with Crippen LogP contribution in [0.2, 0.25) is 0 Å². The maximum Gasteiger partial charge on any atom is 0.419 e. The molecule has 1 heterocycles. The Labute approximate surface area is 70.8 Å². The summed E-state index contributed by atoms with van der Waals surface area (Å²) in [5, 5.41) is 8.72. The minimum Gasteiger partial charge on any atom is -0.379 e. The van der Waals surface area contributed by atoms with Gasteiger partial charge in [-0.25, -0.2) is 0 Å². The third-order valence-corrected chi connectivity index (χ3v) is 2.16. The molecule has 0 saturated heterocycles. The molecule has 1 aromatic heterocycles. The van der Waals surface area contributed by atoms with Gasteiger partial charge in [-0.05, 0) is 24.5 Å². The molecule has 0 bridgehead atoms. The standard InChI is InChI=1S/C6H6F3NOS/c1-3-2-4(12-10-3)5(11)6(7,8)9/h2,5,11H,1H3/t5-/m0/s1. The molecular weight excluding hydrogens is 191 g/mol. The number of nitrogens with zero attached hydrogens (tertiary/aromatic N) is 1. The van der Waals surface area contributed by atoms with Gasteiger partial charge < -0.3 is 5.11 Å². The number of aliphatic hydroxyl groups is 1. The Morgan fingerprint density at radius 2 is 2.17 bits per heavy atom. The normalized spacial score (nSPS) is 14.8. The molecule has 0 fully saturated rings. The van der Waals surface area contributed by atoms with Gasteiger partial charge in [0.05, 0.1) is 10.6 Å². The number of halogens is 3. The predicted octanol–water partition coefficient (Wildman–Crippen LogP) is 2.05. The number of alkyl halides is 3. The van der Waals surface area contributed by atoms with Crippen molar-refractivity contribution in [3.05, 3.63) is 16.6 Å². The zero-order valence-corrected chi connectivity index (χ0v) is 6.91. The molecule has 0 aliphatic rings. The first-order valence-electron chi connectivity index (χ1n) is 3.09. The molecule has 12 heavy (non-hydrogen) atoms. The van der Waals surface area contributed by atoms with E-state index >= 15 is 0 Å². The van der Waals surface area contributed by atoms with E-state index in [4.69, 9.17) is 5.11 Å². The first-order valence-corrected chi connectivity index (χ1v) is 3.86. The average molecular weight is 197 g/mol.